The molecular weight excluding hydrogens is 291 g/mol. The minimum absolute atomic E-state index is 0.172. The Morgan fingerprint density at radius 1 is 1.52 bits per heavy atom. The summed E-state index contributed by atoms with van der Waals surface area (Å²) in [4.78, 5) is 13.5. The molecule has 0 saturated carbocycles. The molecule has 21 heavy (non-hydrogen) atoms. The number of hydrogen-bond donors (Lipinski definition) is 1. The SMILES string of the molecule is CCN(CCC#N)Cc1c(C(=O)O)sc2cccc(F)c12. The van der Waals surface area contributed by atoms with E-state index in [-0.39, 0.29) is 4.88 Å². The zero-order valence-corrected chi connectivity index (χ0v) is 12.4. The average molecular weight is 306 g/mol. The van der Waals surface area contributed by atoms with Gasteiger partial charge in [-0.1, -0.05) is 13.0 Å². The van der Waals surface area contributed by atoms with E-state index in [0.717, 1.165) is 11.3 Å². The van der Waals surface area contributed by atoms with E-state index < -0.39 is 11.8 Å². The van der Waals surface area contributed by atoms with Crippen molar-refractivity contribution in [1.29, 1.82) is 5.26 Å². The number of aromatic carboxylic acids is 1. The fourth-order valence-electron chi connectivity index (χ4n) is 2.27. The van der Waals surface area contributed by atoms with Gasteiger partial charge in [0.25, 0.3) is 0 Å². The van der Waals surface area contributed by atoms with E-state index in [2.05, 4.69) is 6.07 Å². The highest BCUT2D eigenvalue weighted by Gasteiger charge is 2.21. The number of nitrogens with zero attached hydrogens (tertiary/aromatic N) is 2. The van der Waals surface area contributed by atoms with Crippen molar-refractivity contribution in [2.75, 3.05) is 13.1 Å². The van der Waals surface area contributed by atoms with Gasteiger partial charge in [0.2, 0.25) is 0 Å². The van der Waals surface area contributed by atoms with Gasteiger partial charge in [0.1, 0.15) is 10.7 Å². The van der Waals surface area contributed by atoms with Crippen LogP contribution in [0.15, 0.2) is 18.2 Å². The third-order valence-electron chi connectivity index (χ3n) is 3.33. The van der Waals surface area contributed by atoms with E-state index in [1.807, 2.05) is 11.8 Å². The van der Waals surface area contributed by atoms with Gasteiger partial charge in [-0.05, 0) is 18.7 Å². The number of carbonyl (C=O) groups is 1. The molecule has 110 valence electrons. The Balaban J connectivity index is 2.47. The smallest absolute Gasteiger partial charge is 0.346 e. The number of thiophene rings is 1. The van der Waals surface area contributed by atoms with Crippen molar-refractivity contribution < 1.29 is 14.3 Å². The monoisotopic (exact) mass is 306 g/mol. The van der Waals surface area contributed by atoms with Crippen LogP contribution < -0.4 is 0 Å². The molecule has 0 fully saturated rings. The van der Waals surface area contributed by atoms with Gasteiger partial charge in [0.15, 0.2) is 0 Å². The molecule has 0 saturated heterocycles. The quantitative estimate of drug-likeness (QED) is 0.887. The summed E-state index contributed by atoms with van der Waals surface area (Å²) in [6.45, 7) is 3.48. The van der Waals surface area contributed by atoms with Gasteiger partial charge in [-0.2, -0.15) is 5.26 Å². The summed E-state index contributed by atoms with van der Waals surface area (Å²) in [7, 11) is 0. The lowest BCUT2D eigenvalue weighted by molar-refractivity contribution is 0.0700. The predicted molar refractivity (Wildman–Crippen MR) is 79.9 cm³/mol. The van der Waals surface area contributed by atoms with E-state index in [1.54, 1.807) is 12.1 Å². The molecule has 1 heterocycles. The molecule has 0 aliphatic rings. The molecule has 0 unspecified atom stereocenters. The lowest BCUT2D eigenvalue weighted by Gasteiger charge is -2.19. The molecule has 4 nitrogen and oxygen atoms in total. The predicted octanol–water partition coefficient (Wildman–Crippen LogP) is 3.47. The fourth-order valence-corrected chi connectivity index (χ4v) is 3.34. The summed E-state index contributed by atoms with van der Waals surface area (Å²) in [5.41, 5.74) is 0.500. The van der Waals surface area contributed by atoms with Crippen molar-refractivity contribution in [1.82, 2.24) is 4.90 Å². The van der Waals surface area contributed by atoms with Crippen LogP contribution in [-0.2, 0) is 6.54 Å². The highest BCUT2D eigenvalue weighted by Crippen LogP contribution is 2.34. The summed E-state index contributed by atoms with van der Waals surface area (Å²) >= 11 is 1.09. The summed E-state index contributed by atoms with van der Waals surface area (Å²) in [6.07, 6.45) is 0.362. The summed E-state index contributed by atoms with van der Waals surface area (Å²) in [5.74, 6) is -1.44. The molecule has 1 aromatic heterocycles. The third-order valence-corrected chi connectivity index (χ3v) is 4.51. The lowest BCUT2D eigenvalue weighted by atomic mass is 10.1. The zero-order valence-electron chi connectivity index (χ0n) is 11.6. The van der Waals surface area contributed by atoms with Crippen LogP contribution in [-0.4, -0.2) is 29.1 Å². The molecule has 0 radical (unpaired) electrons. The number of hydrogen-bond acceptors (Lipinski definition) is 4. The summed E-state index contributed by atoms with van der Waals surface area (Å²) < 4.78 is 14.7. The molecule has 2 aromatic rings. The second kappa shape index (κ2) is 6.66. The Bertz CT molecular complexity index is 705. The topological polar surface area (TPSA) is 64.3 Å². The van der Waals surface area contributed by atoms with Crippen LogP contribution in [0, 0.1) is 17.1 Å². The van der Waals surface area contributed by atoms with E-state index in [1.165, 1.54) is 6.07 Å². The lowest BCUT2D eigenvalue weighted by Crippen LogP contribution is -2.24. The second-order valence-corrected chi connectivity index (χ2v) is 5.66. The minimum atomic E-state index is -1.04. The summed E-state index contributed by atoms with van der Waals surface area (Å²) in [5, 5.41) is 18.4. The number of carboxylic acids is 1. The summed E-state index contributed by atoms with van der Waals surface area (Å²) in [6, 6.07) is 6.72. The van der Waals surface area contributed by atoms with E-state index in [9.17, 15) is 14.3 Å². The first-order valence-electron chi connectivity index (χ1n) is 6.61. The van der Waals surface area contributed by atoms with Gasteiger partial charge in [0, 0.05) is 35.2 Å². The minimum Gasteiger partial charge on any atom is -0.477 e. The first-order chi connectivity index (χ1) is 10.1. The largest absolute Gasteiger partial charge is 0.477 e. The fraction of sp³-hybridized carbons (Fsp3) is 0.333. The van der Waals surface area contributed by atoms with Crippen LogP contribution in [0.3, 0.4) is 0 Å². The van der Waals surface area contributed by atoms with Crippen LogP contribution >= 0.6 is 11.3 Å². The van der Waals surface area contributed by atoms with Crippen molar-refractivity contribution in [3.8, 4) is 6.07 Å². The standard InChI is InChI=1S/C15H15FN2O2S/c1-2-18(8-4-7-17)9-10-13-11(16)5-3-6-12(13)21-14(10)15(19)20/h3,5-6H,2,4,8-9H2,1H3,(H,19,20). The number of nitriles is 1. The molecule has 6 heteroatoms. The molecule has 1 aromatic carbocycles. The van der Waals surface area contributed by atoms with E-state index in [4.69, 9.17) is 5.26 Å². The molecule has 2 rings (SSSR count). The zero-order chi connectivity index (χ0) is 15.4. The van der Waals surface area contributed by atoms with E-state index in [0.29, 0.717) is 41.7 Å². The van der Waals surface area contributed by atoms with Gasteiger partial charge in [-0.3, -0.25) is 4.90 Å². The normalized spacial score (nSPS) is 11.0. The van der Waals surface area contributed by atoms with Crippen molar-refractivity contribution in [3.05, 3.63) is 34.5 Å². The van der Waals surface area contributed by atoms with Gasteiger partial charge >= 0.3 is 5.97 Å². The average Bonchev–Trinajstić information content (AvgIpc) is 2.83. The Kier molecular flexibility index (Phi) is 4.89. The maximum Gasteiger partial charge on any atom is 0.346 e. The Labute approximate surface area is 126 Å². The Morgan fingerprint density at radius 3 is 2.90 bits per heavy atom. The van der Waals surface area contributed by atoms with Crippen LogP contribution in [0.2, 0.25) is 0 Å². The molecule has 0 atom stereocenters. The molecule has 0 aliphatic carbocycles. The van der Waals surface area contributed by atoms with Gasteiger partial charge in [0.05, 0.1) is 6.07 Å². The number of benzene rings is 1. The number of fused-ring (bicyclic) bond motifs is 1. The number of rotatable bonds is 6. The van der Waals surface area contributed by atoms with Crippen molar-refractivity contribution in [2.24, 2.45) is 0 Å². The molecule has 0 aliphatic heterocycles. The molecular formula is C15H15FN2O2S. The number of halogens is 1. The maximum absolute atomic E-state index is 14.1. The first kappa shape index (κ1) is 15.4. The molecule has 0 amide bonds. The molecule has 0 bridgehead atoms. The van der Waals surface area contributed by atoms with Crippen molar-refractivity contribution >= 4 is 27.4 Å². The van der Waals surface area contributed by atoms with Crippen molar-refractivity contribution in [3.63, 3.8) is 0 Å². The van der Waals surface area contributed by atoms with Gasteiger partial charge < -0.3 is 5.11 Å². The van der Waals surface area contributed by atoms with Gasteiger partial charge in [-0.15, -0.1) is 11.3 Å². The maximum atomic E-state index is 14.1. The van der Waals surface area contributed by atoms with E-state index >= 15 is 0 Å². The van der Waals surface area contributed by atoms with Gasteiger partial charge in [-0.25, -0.2) is 9.18 Å². The van der Waals surface area contributed by atoms with Crippen LogP contribution in [0.1, 0.15) is 28.6 Å². The Hall–Kier alpha value is -1.97. The third kappa shape index (κ3) is 3.20. The van der Waals surface area contributed by atoms with Crippen LogP contribution in [0.25, 0.3) is 10.1 Å². The van der Waals surface area contributed by atoms with Crippen molar-refractivity contribution in [2.45, 2.75) is 19.9 Å². The Morgan fingerprint density at radius 2 is 2.29 bits per heavy atom. The van der Waals surface area contributed by atoms with Crippen LogP contribution in [0.5, 0.6) is 0 Å². The molecule has 1 N–H and O–H groups in total. The van der Waals surface area contributed by atoms with Crippen LogP contribution in [0.4, 0.5) is 4.39 Å². The highest BCUT2D eigenvalue weighted by atomic mass is 32.1. The first-order valence-corrected chi connectivity index (χ1v) is 7.42. The molecule has 0 spiro atoms. The number of carboxylic acid groups (broad SMARTS) is 1. The second-order valence-electron chi connectivity index (χ2n) is 4.60. The highest BCUT2D eigenvalue weighted by molar-refractivity contribution is 7.21.